The van der Waals surface area contributed by atoms with Gasteiger partial charge in [-0.1, -0.05) is 23.7 Å². The molecular weight excluding hydrogens is 471 g/mol. The number of nitriles is 1. The molecule has 1 amide bonds. The molecule has 2 aromatic heterocycles. The molecule has 2 aromatic carbocycles. The molecule has 0 saturated carbocycles. The molecule has 4 aromatic rings. The zero-order valence-corrected chi connectivity index (χ0v) is 19.3. The van der Waals surface area contributed by atoms with Gasteiger partial charge in [0.25, 0.3) is 11.5 Å². The van der Waals surface area contributed by atoms with Crippen LogP contribution in [0.2, 0.25) is 5.02 Å². The lowest BCUT2D eigenvalue weighted by Gasteiger charge is -2.36. The highest BCUT2D eigenvalue weighted by Crippen LogP contribution is 2.32. The summed E-state index contributed by atoms with van der Waals surface area (Å²) in [4.78, 5) is 29.8. The van der Waals surface area contributed by atoms with E-state index in [9.17, 15) is 19.2 Å². The third kappa shape index (κ3) is 4.27. The number of nitrogens with zero attached hydrogens (tertiary/aromatic N) is 4. The molecule has 1 aliphatic heterocycles. The number of hydrogen-bond donors (Lipinski definition) is 0. The molecule has 1 aliphatic rings. The van der Waals surface area contributed by atoms with E-state index in [1.54, 1.807) is 47.4 Å². The molecule has 0 atom stereocenters. The molecule has 1 fully saturated rings. The van der Waals surface area contributed by atoms with Crippen LogP contribution in [0.15, 0.2) is 70.1 Å². The van der Waals surface area contributed by atoms with Crippen molar-refractivity contribution in [1.82, 2.24) is 9.47 Å². The number of piperazine rings is 1. The van der Waals surface area contributed by atoms with Crippen LogP contribution in [0.4, 0.5) is 10.1 Å². The van der Waals surface area contributed by atoms with Gasteiger partial charge in [-0.05, 0) is 48.0 Å². The van der Waals surface area contributed by atoms with E-state index >= 15 is 0 Å². The van der Waals surface area contributed by atoms with Crippen molar-refractivity contribution in [2.24, 2.45) is 0 Å². The van der Waals surface area contributed by atoms with Crippen molar-refractivity contribution in [3.63, 3.8) is 0 Å². The van der Waals surface area contributed by atoms with E-state index in [1.165, 1.54) is 23.0 Å². The Morgan fingerprint density at radius 2 is 1.83 bits per heavy atom. The number of halogens is 2. The Morgan fingerprint density at radius 3 is 2.49 bits per heavy atom. The summed E-state index contributed by atoms with van der Waals surface area (Å²) in [6, 6.07) is 16.5. The minimum atomic E-state index is -0.435. The number of hydrogen-bond acceptors (Lipinski definition) is 5. The van der Waals surface area contributed by atoms with Crippen LogP contribution < -0.4 is 10.5 Å². The van der Waals surface area contributed by atoms with E-state index in [0.717, 1.165) is 5.56 Å². The zero-order chi connectivity index (χ0) is 24.5. The second-order valence-electron chi connectivity index (χ2n) is 8.27. The normalized spacial score (nSPS) is 13.7. The number of amides is 1. The molecule has 0 spiro atoms. The Balaban J connectivity index is 1.54. The smallest absolute Gasteiger partial charge is 0.289 e. The predicted molar refractivity (Wildman–Crippen MR) is 130 cm³/mol. The minimum Gasteiger partial charge on any atom is -0.459 e. The second-order valence-corrected chi connectivity index (χ2v) is 8.71. The molecule has 0 bridgehead atoms. The molecule has 35 heavy (non-hydrogen) atoms. The van der Waals surface area contributed by atoms with Crippen LogP contribution in [0, 0.1) is 17.1 Å². The van der Waals surface area contributed by atoms with Crippen LogP contribution in [-0.4, -0.2) is 41.6 Å². The lowest BCUT2D eigenvalue weighted by atomic mass is 10.1. The third-order valence-corrected chi connectivity index (χ3v) is 6.42. The molecule has 0 unspecified atom stereocenters. The summed E-state index contributed by atoms with van der Waals surface area (Å²) < 4.78 is 20.1. The van der Waals surface area contributed by atoms with Crippen LogP contribution in [0.3, 0.4) is 0 Å². The predicted octanol–water partition coefficient (Wildman–Crippen LogP) is 4.27. The number of rotatable bonds is 4. The maximum absolute atomic E-state index is 13.5. The van der Waals surface area contributed by atoms with Gasteiger partial charge in [-0.3, -0.25) is 9.59 Å². The Kier molecular flexibility index (Phi) is 6.01. The summed E-state index contributed by atoms with van der Waals surface area (Å²) in [5, 5.41) is 11.1. The van der Waals surface area contributed by atoms with E-state index in [0.29, 0.717) is 47.8 Å². The van der Waals surface area contributed by atoms with Crippen LogP contribution in [0.25, 0.3) is 10.9 Å². The average molecular weight is 491 g/mol. The molecule has 3 heterocycles. The molecule has 0 aliphatic carbocycles. The summed E-state index contributed by atoms with van der Waals surface area (Å²) in [6.07, 6.45) is 1.46. The van der Waals surface area contributed by atoms with Crippen molar-refractivity contribution >= 4 is 34.1 Å². The Labute approximate surface area is 205 Å². The highest BCUT2D eigenvalue weighted by molar-refractivity contribution is 6.31. The summed E-state index contributed by atoms with van der Waals surface area (Å²) in [5.74, 6) is -0.287. The Hall–Kier alpha value is -4.09. The number of pyridine rings is 1. The van der Waals surface area contributed by atoms with Crippen LogP contribution in [0.5, 0.6) is 0 Å². The fraction of sp³-hybridized carbons (Fsp3) is 0.192. The summed E-state index contributed by atoms with van der Waals surface area (Å²) >= 11 is 6.32. The first-order valence-corrected chi connectivity index (χ1v) is 11.4. The Morgan fingerprint density at radius 1 is 1.09 bits per heavy atom. The van der Waals surface area contributed by atoms with E-state index in [1.807, 2.05) is 4.90 Å². The van der Waals surface area contributed by atoms with E-state index in [4.69, 9.17) is 16.0 Å². The summed E-state index contributed by atoms with van der Waals surface area (Å²) in [5.41, 5.74) is 1.43. The third-order valence-electron chi connectivity index (χ3n) is 6.18. The largest absolute Gasteiger partial charge is 0.459 e. The van der Waals surface area contributed by atoms with Gasteiger partial charge in [0.15, 0.2) is 5.76 Å². The van der Waals surface area contributed by atoms with Crippen molar-refractivity contribution in [2.45, 2.75) is 6.54 Å². The molecule has 0 N–H and O–H groups in total. The van der Waals surface area contributed by atoms with Gasteiger partial charge >= 0.3 is 0 Å². The van der Waals surface area contributed by atoms with Gasteiger partial charge in [0.2, 0.25) is 0 Å². The minimum absolute atomic E-state index is 0.00712. The van der Waals surface area contributed by atoms with Gasteiger partial charge in [-0.25, -0.2) is 4.39 Å². The second kappa shape index (κ2) is 9.28. The van der Waals surface area contributed by atoms with Crippen LogP contribution in [-0.2, 0) is 6.54 Å². The Bertz CT molecular complexity index is 1500. The van der Waals surface area contributed by atoms with E-state index < -0.39 is 5.56 Å². The molecule has 176 valence electrons. The van der Waals surface area contributed by atoms with Gasteiger partial charge in [0.05, 0.1) is 24.0 Å². The standard InChI is InChI=1S/C26H20ClFN4O3/c27-18-5-8-22-20(14-18)24(30-9-11-31(12-10-30)26(34)23-2-1-13-35-23)21(15-29)25(33)32(22)16-17-3-6-19(28)7-4-17/h1-8,13-14H,9-12,16H2. The average Bonchev–Trinajstić information content (AvgIpc) is 3.41. The van der Waals surface area contributed by atoms with Gasteiger partial charge in [-0.2, -0.15) is 5.26 Å². The summed E-state index contributed by atoms with van der Waals surface area (Å²) in [6.45, 7) is 1.86. The highest BCUT2D eigenvalue weighted by Gasteiger charge is 2.28. The highest BCUT2D eigenvalue weighted by atomic mass is 35.5. The number of furan rings is 1. The lowest BCUT2D eigenvalue weighted by molar-refractivity contribution is 0.0715. The zero-order valence-electron chi connectivity index (χ0n) is 18.6. The maximum atomic E-state index is 13.5. The van der Waals surface area contributed by atoms with Crippen molar-refractivity contribution in [3.8, 4) is 6.07 Å². The molecule has 7 nitrogen and oxygen atoms in total. The fourth-order valence-electron chi connectivity index (χ4n) is 4.46. The van der Waals surface area contributed by atoms with Gasteiger partial charge in [-0.15, -0.1) is 0 Å². The first kappa shape index (κ1) is 22.7. The fourth-order valence-corrected chi connectivity index (χ4v) is 4.63. The number of fused-ring (bicyclic) bond motifs is 1. The molecule has 0 radical (unpaired) electrons. The lowest BCUT2D eigenvalue weighted by Crippen LogP contribution is -2.49. The number of aromatic nitrogens is 1. The van der Waals surface area contributed by atoms with E-state index in [2.05, 4.69) is 6.07 Å². The van der Waals surface area contributed by atoms with Crippen molar-refractivity contribution in [1.29, 1.82) is 5.26 Å². The topological polar surface area (TPSA) is 82.5 Å². The maximum Gasteiger partial charge on any atom is 0.289 e. The SMILES string of the molecule is N#Cc1c(N2CCN(C(=O)c3ccco3)CC2)c2cc(Cl)ccc2n(Cc2ccc(F)cc2)c1=O. The van der Waals surface area contributed by atoms with Crippen molar-refractivity contribution < 1.29 is 13.6 Å². The monoisotopic (exact) mass is 490 g/mol. The number of anilines is 1. The van der Waals surface area contributed by atoms with Crippen molar-refractivity contribution in [2.75, 3.05) is 31.1 Å². The van der Waals surface area contributed by atoms with Crippen LogP contribution >= 0.6 is 11.6 Å². The molecule has 9 heteroatoms. The van der Waals surface area contributed by atoms with Crippen LogP contribution in [0.1, 0.15) is 21.7 Å². The first-order chi connectivity index (χ1) is 17.0. The quantitative estimate of drug-likeness (QED) is 0.426. The molecule has 5 rings (SSSR count). The first-order valence-electron chi connectivity index (χ1n) is 11.0. The number of benzene rings is 2. The van der Waals surface area contributed by atoms with Gasteiger partial charge in [0.1, 0.15) is 17.4 Å². The molecule has 1 saturated heterocycles. The van der Waals surface area contributed by atoms with Gasteiger partial charge < -0.3 is 18.8 Å². The van der Waals surface area contributed by atoms with Crippen molar-refractivity contribution in [3.05, 3.63) is 98.9 Å². The number of carbonyl (C=O) groups is 1. The summed E-state index contributed by atoms with van der Waals surface area (Å²) in [7, 11) is 0. The molecular formula is C26H20ClFN4O3. The number of carbonyl (C=O) groups excluding carboxylic acids is 1. The van der Waals surface area contributed by atoms with Gasteiger partial charge in [0, 0.05) is 36.6 Å². The van der Waals surface area contributed by atoms with E-state index in [-0.39, 0.29) is 29.6 Å².